The normalized spacial score (nSPS) is 19.5. The Labute approximate surface area is 139 Å². The summed E-state index contributed by atoms with van der Waals surface area (Å²) in [6, 6.07) is 0.117. The van der Waals surface area contributed by atoms with Gasteiger partial charge in [0.2, 0.25) is 0 Å². The van der Waals surface area contributed by atoms with Crippen LogP contribution in [0.25, 0.3) is 0 Å². The maximum atomic E-state index is 12.7. The van der Waals surface area contributed by atoms with E-state index in [1.165, 1.54) is 6.42 Å². The lowest BCUT2D eigenvalue weighted by Gasteiger charge is -2.38. The molecule has 1 aliphatic heterocycles. The van der Waals surface area contributed by atoms with Crippen LogP contribution >= 0.6 is 0 Å². The van der Waals surface area contributed by atoms with Crippen molar-refractivity contribution in [1.29, 1.82) is 0 Å². The highest BCUT2D eigenvalue weighted by Gasteiger charge is 2.35. The summed E-state index contributed by atoms with van der Waals surface area (Å²) in [5.74, 6) is 0.00140. The molecule has 8 heteroatoms. The van der Waals surface area contributed by atoms with Crippen LogP contribution in [-0.4, -0.2) is 54.2 Å². The lowest BCUT2D eigenvalue weighted by Crippen LogP contribution is -2.51. The van der Waals surface area contributed by atoms with Crippen LogP contribution < -0.4 is 0 Å². The Hall–Kier alpha value is -2.22. The molecule has 1 amide bonds. The maximum absolute atomic E-state index is 12.7. The number of rotatable bonds is 3. The monoisotopic (exact) mass is 330 g/mol. The Balaban J connectivity index is 1.43. The Bertz CT molecular complexity index is 744. The molecule has 0 bridgehead atoms. The first-order valence-electron chi connectivity index (χ1n) is 8.58. The molecule has 2 aromatic rings. The van der Waals surface area contributed by atoms with Crippen molar-refractivity contribution < 1.29 is 9.90 Å². The standard InChI is InChI=1S/C16H22N6O2/c1-10(23)14-9-22(20-18-14)11-7-21(8-11)16(24)15-12-5-3-2-4-6-13(12)17-19-15/h9-11,23H,2-8H2,1H3,(H,17,19). The summed E-state index contributed by atoms with van der Waals surface area (Å²) >= 11 is 0. The molecule has 0 spiro atoms. The second-order valence-corrected chi connectivity index (χ2v) is 6.75. The molecule has 2 N–H and O–H groups in total. The fourth-order valence-electron chi connectivity index (χ4n) is 3.43. The van der Waals surface area contributed by atoms with Gasteiger partial charge in [-0.1, -0.05) is 11.6 Å². The summed E-state index contributed by atoms with van der Waals surface area (Å²) < 4.78 is 1.73. The molecule has 8 nitrogen and oxygen atoms in total. The molecule has 2 aromatic heterocycles. The molecule has 128 valence electrons. The van der Waals surface area contributed by atoms with Gasteiger partial charge in [-0.2, -0.15) is 5.10 Å². The summed E-state index contributed by atoms with van der Waals surface area (Å²) in [7, 11) is 0. The van der Waals surface area contributed by atoms with Crippen molar-refractivity contribution >= 4 is 5.91 Å². The molecule has 1 unspecified atom stereocenters. The minimum Gasteiger partial charge on any atom is -0.387 e. The van der Waals surface area contributed by atoms with Crippen LogP contribution in [0.1, 0.15) is 65.8 Å². The smallest absolute Gasteiger partial charge is 0.274 e. The van der Waals surface area contributed by atoms with E-state index in [1.54, 1.807) is 22.7 Å². The molecule has 0 saturated carbocycles. The fourth-order valence-corrected chi connectivity index (χ4v) is 3.43. The number of aromatic nitrogens is 5. The number of carbonyl (C=O) groups is 1. The van der Waals surface area contributed by atoms with Crippen molar-refractivity contribution in [2.24, 2.45) is 0 Å². The first kappa shape index (κ1) is 15.3. The van der Waals surface area contributed by atoms with Gasteiger partial charge in [-0.3, -0.25) is 9.89 Å². The van der Waals surface area contributed by atoms with E-state index in [0.29, 0.717) is 24.5 Å². The van der Waals surface area contributed by atoms with Crippen molar-refractivity contribution in [3.8, 4) is 0 Å². The second kappa shape index (κ2) is 6.01. The molecule has 0 radical (unpaired) electrons. The molecule has 2 aliphatic rings. The molecular formula is C16H22N6O2. The topological polar surface area (TPSA) is 99.9 Å². The number of nitrogens with one attached hydrogen (secondary N) is 1. The number of amides is 1. The number of carbonyl (C=O) groups excluding carboxylic acids is 1. The minimum absolute atomic E-state index is 0.00140. The molecule has 3 heterocycles. The molecule has 0 aromatic carbocycles. The first-order chi connectivity index (χ1) is 11.6. The molecule has 4 rings (SSSR count). The minimum atomic E-state index is -0.629. The second-order valence-electron chi connectivity index (χ2n) is 6.75. The molecule has 1 fully saturated rings. The van der Waals surface area contributed by atoms with E-state index < -0.39 is 6.10 Å². The van der Waals surface area contributed by atoms with E-state index in [2.05, 4.69) is 20.5 Å². The maximum Gasteiger partial charge on any atom is 0.274 e. The number of aliphatic hydroxyl groups is 1. The van der Waals surface area contributed by atoms with Gasteiger partial charge in [-0.25, -0.2) is 4.68 Å². The number of likely N-dealkylation sites (tertiary alicyclic amines) is 1. The van der Waals surface area contributed by atoms with Crippen molar-refractivity contribution in [3.05, 3.63) is 28.8 Å². The molecule has 24 heavy (non-hydrogen) atoms. The lowest BCUT2D eigenvalue weighted by molar-refractivity contribution is 0.0491. The predicted molar refractivity (Wildman–Crippen MR) is 85.4 cm³/mol. The van der Waals surface area contributed by atoms with E-state index in [9.17, 15) is 9.90 Å². The number of fused-ring (bicyclic) bond motifs is 1. The van der Waals surface area contributed by atoms with Crippen molar-refractivity contribution in [1.82, 2.24) is 30.1 Å². The summed E-state index contributed by atoms with van der Waals surface area (Å²) in [5, 5.41) is 24.9. The Morgan fingerprint density at radius 3 is 2.88 bits per heavy atom. The van der Waals surface area contributed by atoms with E-state index in [-0.39, 0.29) is 11.9 Å². The number of aromatic amines is 1. The van der Waals surface area contributed by atoms with Gasteiger partial charge in [-0.05, 0) is 32.6 Å². The summed E-state index contributed by atoms with van der Waals surface area (Å²) in [6.45, 7) is 2.86. The first-order valence-corrected chi connectivity index (χ1v) is 8.58. The highest BCUT2D eigenvalue weighted by atomic mass is 16.3. The van der Waals surface area contributed by atoms with Crippen molar-refractivity contribution in [3.63, 3.8) is 0 Å². The summed E-state index contributed by atoms with van der Waals surface area (Å²) in [5.41, 5.74) is 3.38. The van der Waals surface area contributed by atoms with Gasteiger partial charge < -0.3 is 10.0 Å². The average molecular weight is 330 g/mol. The van der Waals surface area contributed by atoms with Gasteiger partial charge in [0, 0.05) is 24.3 Å². The SMILES string of the molecule is CC(O)c1cn(C2CN(C(=O)c3n[nH]c4c3CCCCC4)C2)nn1. The zero-order valence-electron chi connectivity index (χ0n) is 13.8. The molecule has 1 atom stereocenters. The Morgan fingerprint density at radius 2 is 2.12 bits per heavy atom. The quantitative estimate of drug-likeness (QED) is 0.819. The van der Waals surface area contributed by atoms with Crippen LogP contribution in [0.15, 0.2) is 6.20 Å². The number of hydrogen-bond acceptors (Lipinski definition) is 5. The van der Waals surface area contributed by atoms with Crippen LogP contribution in [0, 0.1) is 0 Å². The number of aliphatic hydroxyl groups excluding tert-OH is 1. The van der Waals surface area contributed by atoms with Gasteiger partial charge >= 0.3 is 0 Å². The van der Waals surface area contributed by atoms with Crippen LogP contribution in [-0.2, 0) is 12.8 Å². The van der Waals surface area contributed by atoms with Gasteiger partial charge in [-0.15, -0.1) is 5.10 Å². The van der Waals surface area contributed by atoms with E-state index in [0.717, 1.165) is 36.9 Å². The third-order valence-electron chi connectivity index (χ3n) is 4.99. The van der Waals surface area contributed by atoms with Gasteiger partial charge in [0.15, 0.2) is 5.69 Å². The summed E-state index contributed by atoms with van der Waals surface area (Å²) in [4.78, 5) is 14.5. The zero-order chi connectivity index (χ0) is 16.7. The Kier molecular flexibility index (Phi) is 3.84. The third-order valence-corrected chi connectivity index (χ3v) is 4.99. The number of hydrogen-bond donors (Lipinski definition) is 2. The van der Waals surface area contributed by atoms with Gasteiger partial charge in [0.25, 0.3) is 5.91 Å². The predicted octanol–water partition coefficient (Wildman–Crippen LogP) is 1.02. The van der Waals surface area contributed by atoms with Gasteiger partial charge in [0.05, 0.1) is 18.3 Å². The molecule has 1 saturated heterocycles. The van der Waals surface area contributed by atoms with Crippen molar-refractivity contribution in [2.75, 3.05) is 13.1 Å². The van der Waals surface area contributed by atoms with E-state index in [4.69, 9.17) is 0 Å². The van der Waals surface area contributed by atoms with Crippen LogP contribution in [0.4, 0.5) is 0 Å². The van der Waals surface area contributed by atoms with E-state index >= 15 is 0 Å². The third kappa shape index (κ3) is 2.60. The van der Waals surface area contributed by atoms with Crippen LogP contribution in [0.3, 0.4) is 0 Å². The Morgan fingerprint density at radius 1 is 1.33 bits per heavy atom. The molecular weight excluding hydrogens is 308 g/mol. The highest BCUT2D eigenvalue weighted by molar-refractivity contribution is 5.94. The number of nitrogens with zero attached hydrogens (tertiary/aromatic N) is 5. The fraction of sp³-hybridized carbons (Fsp3) is 0.625. The summed E-state index contributed by atoms with van der Waals surface area (Å²) in [6.07, 6.45) is 6.53. The molecule has 1 aliphatic carbocycles. The number of H-pyrrole nitrogens is 1. The zero-order valence-corrected chi connectivity index (χ0v) is 13.8. The number of aryl methyl sites for hydroxylation is 1. The highest BCUT2D eigenvalue weighted by Crippen LogP contribution is 2.27. The van der Waals surface area contributed by atoms with Gasteiger partial charge in [0.1, 0.15) is 5.69 Å². The van der Waals surface area contributed by atoms with Crippen LogP contribution in [0.5, 0.6) is 0 Å². The average Bonchev–Trinajstić information content (AvgIpc) is 3.08. The van der Waals surface area contributed by atoms with E-state index in [1.807, 2.05) is 0 Å². The lowest BCUT2D eigenvalue weighted by atomic mass is 10.0. The van der Waals surface area contributed by atoms with Crippen LogP contribution in [0.2, 0.25) is 0 Å². The van der Waals surface area contributed by atoms with Crippen molar-refractivity contribution in [2.45, 2.75) is 51.2 Å². The largest absolute Gasteiger partial charge is 0.387 e.